The minimum absolute atomic E-state index is 0.316. The van der Waals surface area contributed by atoms with Crippen LogP contribution in [0.15, 0.2) is 42.5 Å². The predicted molar refractivity (Wildman–Crippen MR) is 101 cm³/mol. The normalized spacial score (nSPS) is 23.1. The number of hydrogen-bond acceptors (Lipinski definition) is 5. The summed E-state index contributed by atoms with van der Waals surface area (Å²) in [5.41, 5.74) is 0.923. The standard InChI is InChI=1S/C21H24N2O5/c1-13(23-19(25)16-10-6-7-11-17(16)20(23)26)21(27)28-14(2)18(24)22-12-15-8-4-3-5-9-15/h3-9,13-14,16-17H,10-12H2,1-2H3,(H,22,24)/t13-,14-,16-,17+/m0/s1. The van der Waals surface area contributed by atoms with Crippen molar-refractivity contribution in [3.8, 4) is 0 Å². The monoisotopic (exact) mass is 384 g/mol. The third-order valence-electron chi connectivity index (χ3n) is 5.24. The van der Waals surface area contributed by atoms with Gasteiger partial charge in [0.1, 0.15) is 6.04 Å². The molecule has 1 saturated heterocycles. The van der Waals surface area contributed by atoms with Gasteiger partial charge in [-0.15, -0.1) is 0 Å². The van der Waals surface area contributed by atoms with Gasteiger partial charge in [-0.05, 0) is 32.3 Å². The van der Waals surface area contributed by atoms with E-state index in [0.29, 0.717) is 19.4 Å². The fourth-order valence-electron chi connectivity index (χ4n) is 3.57. The molecule has 0 bridgehead atoms. The average molecular weight is 384 g/mol. The second-order valence-electron chi connectivity index (χ2n) is 7.16. The summed E-state index contributed by atoms with van der Waals surface area (Å²) in [7, 11) is 0. The van der Waals surface area contributed by atoms with E-state index < -0.39 is 35.9 Å². The summed E-state index contributed by atoms with van der Waals surface area (Å²) in [6.07, 6.45) is 3.75. The first-order valence-electron chi connectivity index (χ1n) is 9.44. The van der Waals surface area contributed by atoms with Gasteiger partial charge in [0.25, 0.3) is 5.91 Å². The Labute approximate surface area is 163 Å². The van der Waals surface area contributed by atoms with Crippen LogP contribution in [0.3, 0.4) is 0 Å². The van der Waals surface area contributed by atoms with Crippen LogP contribution < -0.4 is 5.32 Å². The Morgan fingerprint density at radius 3 is 2.21 bits per heavy atom. The second kappa shape index (κ2) is 8.37. The van der Waals surface area contributed by atoms with Gasteiger partial charge in [0.2, 0.25) is 11.8 Å². The van der Waals surface area contributed by atoms with E-state index in [9.17, 15) is 19.2 Å². The minimum atomic E-state index is -1.06. The average Bonchev–Trinajstić information content (AvgIpc) is 2.97. The molecule has 1 fully saturated rings. The number of esters is 1. The molecule has 3 rings (SSSR count). The number of fused-ring (bicyclic) bond motifs is 1. The lowest BCUT2D eigenvalue weighted by atomic mass is 9.85. The molecule has 1 heterocycles. The van der Waals surface area contributed by atoms with Crippen molar-refractivity contribution in [2.24, 2.45) is 11.8 Å². The molecular formula is C21H24N2O5. The van der Waals surface area contributed by atoms with E-state index in [-0.39, 0.29) is 11.8 Å². The molecule has 0 unspecified atom stereocenters. The number of imide groups is 1. The number of benzene rings is 1. The SMILES string of the molecule is C[C@H](OC(=O)[C@H](C)N1C(=O)[C@H]2CC=CC[C@H]2C1=O)C(=O)NCc1ccccc1. The molecule has 0 radical (unpaired) electrons. The Morgan fingerprint density at radius 1 is 1.07 bits per heavy atom. The van der Waals surface area contributed by atoms with Crippen molar-refractivity contribution in [1.82, 2.24) is 10.2 Å². The van der Waals surface area contributed by atoms with Gasteiger partial charge in [-0.25, -0.2) is 4.79 Å². The van der Waals surface area contributed by atoms with Gasteiger partial charge < -0.3 is 10.1 Å². The largest absolute Gasteiger partial charge is 0.451 e. The van der Waals surface area contributed by atoms with Crippen molar-refractivity contribution in [1.29, 1.82) is 0 Å². The first-order valence-corrected chi connectivity index (χ1v) is 9.44. The number of allylic oxidation sites excluding steroid dienone is 2. The fraction of sp³-hybridized carbons (Fsp3) is 0.429. The highest BCUT2D eigenvalue weighted by molar-refractivity contribution is 6.08. The first-order chi connectivity index (χ1) is 13.4. The van der Waals surface area contributed by atoms with E-state index >= 15 is 0 Å². The number of nitrogens with zero attached hydrogens (tertiary/aromatic N) is 1. The molecule has 2 aliphatic rings. The zero-order valence-corrected chi connectivity index (χ0v) is 16.0. The second-order valence-corrected chi connectivity index (χ2v) is 7.16. The number of carbonyl (C=O) groups is 4. The summed E-state index contributed by atoms with van der Waals surface area (Å²) >= 11 is 0. The van der Waals surface area contributed by atoms with Crippen LogP contribution in [0.5, 0.6) is 0 Å². The summed E-state index contributed by atoms with van der Waals surface area (Å²) in [6, 6.07) is 8.29. The smallest absolute Gasteiger partial charge is 0.329 e. The minimum Gasteiger partial charge on any atom is -0.451 e. The molecule has 0 spiro atoms. The molecule has 4 atom stereocenters. The van der Waals surface area contributed by atoms with Crippen LogP contribution in [0.4, 0.5) is 0 Å². The molecule has 0 aromatic heterocycles. The van der Waals surface area contributed by atoms with Crippen LogP contribution in [0.25, 0.3) is 0 Å². The number of rotatable bonds is 6. The highest BCUT2D eigenvalue weighted by atomic mass is 16.5. The van der Waals surface area contributed by atoms with E-state index in [2.05, 4.69) is 5.32 Å². The van der Waals surface area contributed by atoms with Gasteiger partial charge in [-0.1, -0.05) is 42.5 Å². The third kappa shape index (κ3) is 3.98. The third-order valence-corrected chi connectivity index (χ3v) is 5.24. The van der Waals surface area contributed by atoms with Crippen molar-refractivity contribution in [3.63, 3.8) is 0 Å². The fourth-order valence-corrected chi connectivity index (χ4v) is 3.57. The Bertz CT molecular complexity index is 778. The highest BCUT2D eigenvalue weighted by Gasteiger charge is 2.50. The quantitative estimate of drug-likeness (QED) is 0.457. The molecule has 1 aromatic carbocycles. The number of amides is 3. The first kappa shape index (κ1) is 19.8. The van der Waals surface area contributed by atoms with Crippen molar-refractivity contribution < 1.29 is 23.9 Å². The maximum Gasteiger partial charge on any atom is 0.329 e. The number of hydrogen-bond donors (Lipinski definition) is 1. The lowest BCUT2D eigenvalue weighted by molar-refractivity contribution is -0.164. The number of ether oxygens (including phenoxy) is 1. The Morgan fingerprint density at radius 2 is 1.64 bits per heavy atom. The molecule has 7 heteroatoms. The molecule has 3 amide bonds. The van der Waals surface area contributed by atoms with E-state index in [1.54, 1.807) is 0 Å². The van der Waals surface area contributed by atoms with E-state index in [4.69, 9.17) is 4.74 Å². The summed E-state index contributed by atoms with van der Waals surface area (Å²) in [6.45, 7) is 3.23. The van der Waals surface area contributed by atoms with Gasteiger partial charge in [-0.2, -0.15) is 0 Å². The number of carbonyl (C=O) groups excluding carboxylic acids is 4. The Balaban J connectivity index is 1.55. The summed E-state index contributed by atoms with van der Waals surface area (Å²) in [5, 5.41) is 2.70. The van der Waals surface area contributed by atoms with Crippen LogP contribution >= 0.6 is 0 Å². The molecule has 28 heavy (non-hydrogen) atoms. The zero-order valence-electron chi connectivity index (χ0n) is 16.0. The van der Waals surface area contributed by atoms with Crippen LogP contribution in [-0.2, 0) is 30.5 Å². The summed E-state index contributed by atoms with van der Waals surface area (Å²) < 4.78 is 5.21. The van der Waals surface area contributed by atoms with Crippen molar-refractivity contribution in [2.75, 3.05) is 0 Å². The maximum absolute atomic E-state index is 12.6. The molecule has 7 nitrogen and oxygen atoms in total. The maximum atomic E-state index is 12.6. The van der Waals surface area contributed by atoms with Crippen LogP contribution in [-0.4, -0.2) is 40.7 Å². The lowest BCUT2D eigenvalue weighted by Crippen LogP contribution is -2.46. The van der Waals surface area contributed by atoms with Crippen molar-refractivity contribution >= 4 is 23.7 Å². The summed E-state index contributed by atoms with van der Waals surface area (Å²) in [5.74, 6) is -2.70. The van der Waals surface area contributed by atoms with Gasteiger partial charge in [0.15, 0.2) is 6.10 Å². The molecule has 1 N–H and O–H groups in total. The lowest BCUT2D eigenvalue weighted by Gasteiger charge is -2.23. The molecule has 0 saturated carbocycles. The zero-order chi connectivity index (χ0) is 20.3. The van der Waals surface area contributed by atoms with Gasteiger partial charge in [-0.3, -0.25) is 19.3 Å². The molecule has 1 aliphatic heterocycles. The van der Waals surface area contributed by atoms with Crippen LogP contribution in [0.2, 0.25) is 0 Å². The molecule has 1 aliphatic carbocycles. The summed E-state index contributed by atoms with van der Waals surface area (Å²) in [4.78, 5) is 50.8. The van der Waals surface area contributed by atoms with E-state index in [1.807, 2.05) is 42.5 Å². The topological polar surface area (TPSA) is 92.8 Å². The molecular weight excluding hydrogens is 360 g/mol. The van der Waals surface area contributed by atoms with Gasteiger partial charge in [0.05, 0.1) is 11.8 Å². The van der Waals surface area contributed by atoms with Crippen LogP contribution in [0.1, 0.15) is 32.3 Å². The Kier molecular flexibility index (Phi) is 5.92. The van der Waals surface area contributed by atoms with Gasteiger partial charge >= 0.3 is 5.97 Å². The van der Waals surface area contributed by atoms with Crippen molar-refractivity contribution in [3.05, 3.63) is 48.0 Å². The predicted octanol–water partition coefficient (Wildman–Crippen LogP) is 1.57. The van der Waals surface area contributed by atoms with E-state index in [1.165, 1.54) is 13.8 Å². The highest BCUT2D eigenvalue weighted by Crippen LogP contribution is 2.36. The van der Waals surface area contributed by atoms with Crippen molar-refractivity contribution in [2.45, 2.75) is 45.4 Å². The van der Waals surface area contributed by atoms with Crippen LogP contribution in [0, 0.1) is 11.8 Å². The number of likely N-dealkylation sites (tertiary alicyclic amines) is 1. The molecule has 148 valence electrons. The van der Waals surface area contributed by atoms with Gasteiger partial charge in [0, 0.05) is 6.54 Å². The molecule has 1 aromatic rings. The Hall–Kier alpha value is -2.96. The van der Waals surface area contributed by atoms with E-state index in [0.717, 1.165) is 10.5 Å². The number of nitrogens with one attached hydrogen (secondary N) is 1.